The van der Waals surface area contributed by atoms with Crippen molar-refractivity contribution in [2.75, 3.05) is 26.2 Å². The van der Waals surface area contributed by atoms with Crippen molar-refractivity contribution in [3.63, 3.8) is 0 Å². The normalized spacial score (nSPS) is 14.6. The number of amides is 2. The van der Waals surface area contributed by atoms with Crippen LogP contribution in [-0.4, -0.2) is 48.1 Å². The van der Waals surface area contributed by atoms with Gasteiger partial charge in [-0.2, -0.15) is 0 Å². The molecule has 1 saturated heterocycles. The van der Waals surface area contributed by atoms with Crippen LogP contribution < -0.4 is 5.32 Å². The molecular formula is C13H14N2O3S. The van der Waals surface area contributed by atoms with E-state index in [1.165, 1.54) is 16.2 Å². The van der Waals surface area contributed by atoms with Gasteiger partial charge in [0, 0.05) is 24.9 Å². The molecule has 19 heavy (non-hydrogen) atoms. The molecule has 0 spiro atoms. The molecule has 2 amide bonds. The van der Waals surface area contributed by atoms with Gasteiger partial charge in [0.05, 0.1) is 23.6 Å². The third kappa shape index (κ3) is 3.56. The first-order valence-corrected chi connectivity index (χ1v) is 6.83. The van der Waals surface area contributed by atoms with Crippen molar-refractivity contribution in [3.05, 3.63) is 21.9 Å². The standard InChI is InChI=1S/C13H14N2O3S/c16-6-2-1-3-11-7-10(9-19-11)13(18)15-5-4-14-12(17)8-15/h7,9,16H,2,4-6,8H2,(H,14,17). The first-order valence-electron chi connectivity index (χ1n) is 5.95. The highest BCUT2D eigenvalue weighted by Gasteiger charge is 2.22. The Kier molecular flexibility index (Phi) is 4.55. The van der Waals surface area contributed by atoms with Gasteiger partial charge in [0.25, 0.3) is 5.91 Å². The zero-order valence-corrected chi connectivity index (χ0v) is 11.1. The Labute approximate surface area is 115 Å². The van der Waals surface area contributed by atoms with Crippen molar-refractivity contribution in [2.24, 2.45) is 0 Å². The van der Waals surface area contributed by atoms with Gasteiger partial charge >= 0.3 is 0 Å². The molecule has 2 heterocycles. The maximum atomic E-state index is 12.2. The molecule has 100 valence electrons. The minimum absolute atomic E-state index is 0.0348. The van der Waals surface area contributed by atoms with E-state index in [9.17, 15) is 9.59 Å². The molecule has 1 aromatic rings. The average Bonchev–Trinajstić information content (AvgIpc) is 2.87. The quantitative estimate of drug-likeness (QED) is 0.751. The monoisotopic (exact) mass is 278 g/mol. The lowest BCUT2D eigenvalue weighted by Crippen LogP contribution is -2.49. The highest BCUT2D eigenvalue weighted by Crippen LogP contribution is 2.16. The second kappa shape index (κ2) is 6.36. The number of aliphatic hydroxyl groups excluding tert-OH is 1. The summed E-state index contributed by atoms with van der Waals surface area (Å²) in [6, 6.07) is 1.73. The highest BCUT2D eigenvalue weighted by molar-refractivity contribution is 7.10. The maximum absolute atomic E-state index is 12.2. The van der Waals surface area contributed by atoms with Gasteiger partial charge in [0.15, 0.2) is 0 Å². The molecule has 0 atom stereocenters. The van der Waals surface area contributed by atoms with Crippen LogP contribution in [0.25, 0.3) is 0 Å². The molecule has 0 bridgehead atoms. The molecule has 2 N–H and O–H groups in total. The third-order valence-corrected chi connectivity index (χ3v) is 3.47. The third-order valence-electron chi connectivity index (χ3n) is 2.62. The number of rotatable bonds is 2. The number of piperazine rings is 1. The van der Waals surface area contributed by atoms with E-state index in [0.717, 1.165) is 4.88 Å². The van der Waals surface area contributed by atoms with Crippen LogP contribution in [0.15, 0.2) is 11.4 Å². The first-order chi connectivity index (χ1) is 9.20. The second-order valence-corrected chi connectivity index (χ2v) is 4.96. The van der Waals surface area contributed by atoms with E-state index >= 15 is 0 Å². The second-order valence-electron chi connectivity index (χ2n) is 4.05. The summed E-state index contributed by atoms with van der Waals surface area (Å²) in [6.07, 6.45) is 0.424. The van der Waals surface area contributed by atoms with E-state index in [2.05, 4.69) is 17.2 Å². The summed E-state index contributed by atoms with van der Waals surface area (Å²) in [5, 5.41) is 13.1. The Balaban J connectivity index is 2.04. The van der Waals surface area contributed by atoms with E-state index in [1.54, 1.807) is 11.4 Å². The number of thiophene rings is 1. The fourth-order valence-electron chi connectivity index (χ4n) is 1.71. The molecule has 1 aliphatic heterocycles. The lowest BCUT2D eigenvalue weighted by atomic mass is 10.2. The number of carbonyl (C=O) groups is 2. The minimum atomic E-state index is -0.138. The molecule has 5 nitrogen and oxygen atoms in total. The SMILES string of the molecule is O=C1CN(C(=O)c2csc(C#CCCO)c2)CCN1. The Morgan fingerprint density at radius 1 is 1.58 bits per heavy atom. The van der Waals surface area contributed by atoms with Crippen LogP contribution in [0.2, 0.25) is 0 Å². The van der Waals surface area contributed by atoms with Crippen LogP contribution >= 0.6 is 11.3 Å². The summed E-state index contributed by atoms with van der Waals surface area (Å²) < 4.78 is 0. The number of nitrogens with one attached hydrogen (secondary N) is 1. The van der Waals surface area contributed by atoms with Crippen LogP contribution in [0.3, 0.4) is 0 Å². The number of hydrogen-bond donors (Lipinski definition) is 2. The molecule has 1 fully saturated rings. The fraction of sp³-hybridized carbons (Fsp3) is 0.385. The van der Waals surface area contributed by atoms with E-state index in [4.69, 9.17) is 5.11 Å². The topological polar surface area (TPSA) is 69.6 Å². The van der Waals surface area contributed by atoms with Gasteiger partial charge in [-0.3, -0.25) is 9.59 Å². The van der Waals surface area contributed by atoms with Gasteiger partial charge in [0.2, 0.25) is 5.91 Å². The molecule has 0 radical (unpaired) electrons. The molecule has 0 aromatic carbocycles. The van der Waals surface area contributed by atoms with E-state index in [1.807, 2.05) is 0 Å². The largest absolute Gasteiger partial charge is 0.395 e. The van der Waals surface area contributed by atoms with Crippen LogP contribution in [0.5, 0.6) is 0 Å². The van der Waals surface area contributed by atoms with Crippen LogP contribution in [0.4, 0.5) is 0 Å². The number of aliphatic hydroxyl groups is 1. The van der Waals surface area contributed by atoms with Crippen molar-refractivity contribution in [1.82, 2.24) is 10.2 Å². The average molecular weight is 278 g/mol. The van der Waals surface area contributed by atoms with Gasteiger partial charge in [0.1, 0.15) is 0 Å². The summed E-state index contributed by atoms with van der Waals surface area (Å²) >= 11 is 1.39. The summed E-state index contributed by atoms with van der Waals surface area (Å²) in [7, 11) is 0. The number of hydrogen-bond acceptors (Lipinski definition) is 4. The molecular weight excluding hydrogens is 264 g/mol. The lowest BCUT2D eigenvalue weighted by Gasteiger charge is -2.26. The minimum Gasteiger partial charge on any atom is -0.395 e. The van der Waals surface area contributed by atoms with Gasteiger partial charge in [-0.15, -0.1) is 11.3 Å². The van der Waals surface area contributed by atoms with E-state index < -0.39 is 0 Å². The van der Waals surface area contributed by atoms with Crippen molar-refractivity contribution in [2.45, 2.75) is 6.42 Å². The van der Waals surface area contributed by atoms with Crippen molar-refractivity contribution >= 4 is 23.2 Å². The predicted octanol–water partition coefficient (Wildman–Crippen LogP) is 0.0540. The summed E-state index contributed by atoms with van der Waals surface area (Å²) in [6.45, 7) is 1.18. The molecule has 1 aliphatic rings. The summed E-state index contributed by atoms with van der Waals surface area (Å²) in [5.41, 5.74) is 0.563. The van der Waals surface area contributed by atoms with Gasteiger partial charge in [-0.05, 0) is 6.07 Å². The Hall–Kier alpha value is -1.84. The predicted molar refractivity (Wildman–Crippen MR) is 71.8 cm³/mol. The van der Waals surface area contributed by atoms with Gasteiger partial charge in [-0.1, -0.05) is 11.8 Å². The van der Waals surface area contributed by atoms with Crippen molar-refractivity contribution in [3.8, 4) is 11.8 Å². The zero-order valence-electron chi connectivity index (χ0n) is 10.3. The lowest BCUT2D eigenvalue weighted by molar-refractivity contribution is -0.123. The molecule has 0 aliphatic carbocycles. The number of nitrogens with zero attached hydrogens (tertiary/aromatic N) is 1. The van der Waals surface area contributed by atoms with Crippen LogP contribution in [0.1, 0.15) is 21.7 Å². The molecule has 0 unspecified atom stereocenters. The molecule has 2 rings (SSSR count). The van der Waals surface area contributed by atoms with Gasteiger partial charge in [-0.25, -0.2) is 0 Å². The zero-order chi connectivity index (χ0) is 13.7. The number of carbonyl (C=O) groups excluding carboxylic acids is 2. The van der Waals surface area contributed by atoms with E-state index in [-0.39, 0.29) is 25.0 Å². The maximum Gasteiger partial charge on any atom is 0.255 e. The highest BCUT2D eigenvalue weighted by atomic mass is 32.1. The van der Waals surface area contributed by atoms with E-state index in [0.29, 0.717) is 25.1 Å². The first kappa shape index (κ1) is 13.6. The Morgan fingerprint density at radius 3 is 3.16 bits per heavy atom. The van der Waals surface area contributed by atoms with Crippen molar-refractivity contribution < 1.29 is 14.7 Å². The van der Waals surface area contributed by atoms with Gasteiger partial charge < -0.3 is 15.3 Å². The summed E-state index contributed by atoms with van der Waals surface area (Å²) in [5.74, 6) is 5.44. The fourth-order valence-corrected chi connectivity index (χ4v) is 2.46. The molecule has 0 saturated carbocycles. The summed E-state index contributed by atoms with van der Waals surface area (Å²) in [4.78, 5) is 25.7. The van der Waals surface area contributed by atoms with Crippen LogP contribution in [-0.2, 0) is 4.79 Å². The molecule has 1 aromatic heterocycles. The van der Waals surface area contributed by atoms with Crippen molar-refractivity contribution in [1.29, 1.82) is 0 Å². The smallest absolute Gasteiger partial charge is 0.255 e. The van der Waals surface area contributed by atoms with Crippen LogP contribution in [0, 0.1) is 11.8 Å². The Morgan fingerprint density at radius 2 is 2.42 bits per heavy atom. The Bertz CT molecular complexity index is 542. The molecule has 6 heteroatoms.